The standard InChI is InChI=1S/C17H18BrNOS/c1-2-13-6-8-16(9-7-13)19-17(20)12-21-11-14-4-3-5-15(18)10-14/h3-10H,2,11-12H2,1H3,(H,19,20). The fourth-order valence-corrected chi connectivity index (χ4v) is 3.13. The summed E-state index contributed by atoms with van der Waals surface area (Å²) in [5.74, 6) is 1.34. The van der Waals surface area contributed by atoms with E-state index in [4.69, 9.17) is 0 Å². The van der Waals surface area contributed by atoms with Crippen molar-refractivity contribution in [1.82, 2.24) is 0 Å². The molecule has 1 amide bonds. The summed E-state index contributed by atoms with van der Waals surface area (Å²) >= 11 is 5.07. The molecule has 21 heavy (non-hydrogen) atoms. The van der Waals surface area contributed by atoms with Crippen LogP contribution in [0.3, 0.4) is 0 Å². The minimum atomic E-state index is 0.0410. The van der Waals surface area contributed by atoms with E-state index < -0.39 is 0 Å². The Morgan fingerprint density at radius 2 is 1.90 bits per heavy atom. The zero-order chi connectivity index (χ0) is 15.1. The lowest BCUT2D eigenvalue weighted by Gasteiger charge is -2.06. The molecule has 0 unspecified atom stereocenters. The van der Waals surface area contributed by atoms with Gasteiger partial charge in [0.15, 0.2) is 0 Å². The first-order valence-electron chi connectivity index (χ1n) is 6.88. The maximum atomic E-state index is 11.9. The first kappa shape index (κ1) is 16.1. The predicted octanol–water partition coefficient (Wildman–Crippen LogP) is 4.88. The van der Waals surface area contributed by atoms with Gasteiger partial charge in [-0.05, 0) is 41.8 Å². The molecule has 2 aromatic rings. The van der Waals surface area contributed by atoms with E-state index in [1.807, 2.05) is 36.4 Å². The molecule has 2 nitrogen and oxygen atoms in total. The molecule has 0 saturated carbocycles. The molecule has 0 spiro atoms. The second-order valence-electron chi connectivity index (χ2n) is 4.72. The van der Waals surface area contributed by atoms with Gasteiger partial charge in [0.25, 0.3) is 0 Å². The highest BCUT2D eigenvalue weighted by atomic mass is 79.9. The van der Waals surface area contributed by atoms with Crippen molar-refractivity contribution in [2.75, 3.05) is 11.1 Å². The molecule has 0 aromatic heterocycles. The smallest absolute Gasteiger partial charge is 0.234 e. The second kappa shape index (κ2) is 8.25. The molecule has 0 heterocycles. The SMILES string of the molecule is CCc1ccc(NC(=O)CSCc2cccc(Br)c2)cc1. The van der Waals surface area contributed by atoms with Gasteiger partial charge in [-0.2, -0.15) is 0 Å². The lowest BCUT2D eigenvalue weighted by Crippen LogP contribution is -2.14. The summed E-state index contributed by atoms with van der Waals surface area (Å²) in [6.45, 7) is 2.12. The molecule has 0 aliphatic carbocycles. The first-order chi connectivity index (χ1) is 10.2. The Balaban J connectivity index is 1.76. The van der Waals surface area contributed by atoms with Crippen molar-refractivity contribution in [3.63, 3.8) is 0 Å². The average molecular weight is 364 g/mol. The number of nitrogens with one attached hydrogen (secondary N) is 1. The summed E-state index contributed by atoms with van der Waals surface area (Å²) in [6, 6.07) is 16.2. The van der Waals surface area contributed by atoms with Gasteiger partial charge in [-0.15, -0.1) is 11.8 Å². The molecule has 4 heteroatoms. The summed E-state index contributed by atoms with van der Waals surface area (Å²) in [5, 5.41) is 2.92. The van der Waals surface area contributed by atoms with Crippen molar-refractivity contribution in [3.05, 3.63) is 64.1 Å². The van der Waals surface area contributed by atoms with Crippen molar-refractivity contribution in [3.8, 4) is 0 Å². The molecule has 2 rings (SSSR count). The Hall–Kier alpha value is -1.26. The van der Waals surface area contributed by atoms with Crippen LogP contribution in [0.1, 0.15) is 18.1 Å². The average Bonchev–Trinajstić information content (AvgIpc) is 2.48. The number of hydrogen-bond donors (Lipinski definition) is 1. The van der Waals surface area contributed by atoms with Gasteiger partial charge in [-0.25, -0.2) is 0 Å². The minimum absolute atomic E-state index is 0.0410. The minimum Gasteiger partial charge on any atom is -0.325 e. The summed E-state index contributed by atoms with van der Waals surface area (Å²) in [4.78, 5) is 11.9. The molecule has 0 bridgehead atoms. The van der Waals surface area contributed by atoms with Crippen LogP contribution in [-0.4, -0.2) is 11.7 Å². The van der Waals surface area contributed by atoms with Gasteiger partial charge in [0, 0.05) is 15.9 Å². The zero-order valence-electron chi connectivity index (χ0n) is 11.9. The normalized spacial score (nSPS) is 10.4. The molecule has 1 N–H and O–H groups in total. The van der Waals surface area contributed by atoms with Crippen molar-refractivity contribution in [1.29, 1.82) is 0 Å². The van der Waals surface area contributed by atoms with Crippen LogP contribution in [0, 0.1) is 0 Å². The molecule has 0 aliphatic heterocycles. The third-order valence-corrected chi connectivity index (χ3v) is 4.53. The van der Waals surface area contributed by atoms with Gasteiger partial charge in [-0.3, -0.25) is 4.79 Å². The van der Waals surface area contributed by atoms with E-state index in [2.05, 4.69) is 40.3 Å². The van der Waals surface area contributed by atoms with Crippen LogP contribution in [-0.2, 0) is 17.0 Å². The van der Waals surface area contributed by atoms with Crippen molar-refractivity contribution >= 4 is 39.3 Å². The van der Waals surface area contributed by atoms with E-state index in [1.165, 1.54) is 11.1 Å². The zero-order valence-corrected chi connectivity index (χ0v) is 14.3. The summed E-state index contributed by atoms with van der Waals surface area (Å²) in [7, 11) is 0. The summed E-state index contributed by atoms with van der Waals surface area (Å²) in [6.07, 6.45) is 1.01. The van der Waals surface area contributed by atoms with E-state index in [-0.39, 0.29) is 5.91 Å². The van der Waals surface area contributed by atoms with E-state index in [9.17, 15) is 4.79 Å². The van der Waals surface area contributed by atoms with Gasteiger partial charge in [0.1, 0.15) is 0 Å². The molecular formula is C17H18BrNOS. The largest absolute Gasteiger partial charge is 0.325 e. The monoisotopic (exact) mass is 363 g/mol. The Bertz CT molecular complexity index is 598. The van der Waals surface area contributed by atoms with Gasteiger partial charge in [-0.1, -0.05) is 47.1 Å². The topological polar surface area (TPSA) is 29.1 Å². The number of carbonyl (C=O) groups is 1. The molecule has 0 radical (unpaired) electrons. The Morgan fingerprint density at radius 3 is 2.57 bits per heavy atom. The van der Waals surface area contributed by atoms with Crippen LogP contribution < -0.4 is 5.32 Å². The number of benzene rings is 2. The van der Waals surface area contributed by atoms with Gasteiger partial charge in [0.05, 0.1) is 5.75 Å². The third-order valence-electron chi connectivity index (χ3n) is 3.04. The van der Waals surface area contributed by atoms with Crippen LogP contribution in [0.15, 0.2) is 53.0 Å². The highest BCUT2D eigenvalue weighted by Gasteiger charge is 2.03. The van der Waals surface area contributed by atoms with E-state index >= 15 is 0 Å². The van der Waals surface area contributed by atoms with Gasteiger partial charge < -0.3 is 5.32 Å². The van der Waals surface area contributed by atoms with Gasteiger partial charge in [0.2, 0.25) is 5.91 Å². The van der Waals surface area contributed by atoms with Crippen LogP contribution >= 0.6 is 27.7 Å². The molecule has 0 saturated heterocycles. The number of amides is 1. The molecule has 110 valence electrons. The Morgan fingerprint density at radius 1 is 1.14 bits per heavy atom. The molecular weight excluding hydrogens is 346 g/mol. The number of hydrogen-bond acceptors (Lipinski definition) is 2. The fourth-order valence-electron chi connectivity index (χ4n) is 1.91. The Kier molecular flexibility index (Phi) is 6.33. The maximum Gasteiger partial charge on any atom is 0.234 e. The van der Waals surface area contributed by atoms with E-state index in [0.29, 0.717) is 5.75 Å². The maximum absolute atomic E-state index is 11.9. The number of anilines is 1. The summed E-state index contributed by atoms with van der Waals surface area (Å²) < 4.78 is 1.07. The van der Waals surface area contributed by atoms with Crippen LogP contribution in [0.2, 0.25) is 0 Å². The predicted molar refractivity (Wildman–Crippen MR) is 94.8 cm³/mol. The van der Waals surface area contributed by atoms with Gasteiger partial charge >= 0.3 is 0 Å². The van der Waals surface area contributed by atoms with E-state index in [0.717, 1.165) is 22.3 Å². The highest BCUT2D eigenvalue weighted by molar-refractivity contribution is 9.10. The quantitative estimate of drug-likeness (QED) is 0.791. The number of carbonyl (C=O) groups excluding carboxylic acids is 1. The number of thioether (sulfide) groups is 1. The van der Waals surface area contributed by atoms with Crippen molar-refractivity contribution < 1.29 is 4.79 Å². The number of halogens is 1. The lowest BCUT2D eigenvalue weighted by atomic mass is 10.1. The van der Waals surface area contributed by atoms with Crippen molar-refractivity contribution in [2.45, 2.75) is 19.1 Å². The first-order valence-corrected chi connectivity index (χ1v) is 8.83. The second-order valence-corrected chi connectivity index (χ2v) is 6.62. The van der Waals surface area contributed by atoms with Crippen LogP contribution in [0.5, 0.6) is 0 Å². The van der Waals surface area contributed by atoms with Crippen LogP contribution in [0.4, 0.5) is 5.69 Å². The lowest BCUT2D eigenvalue weighted by molar-refractivity contribution is -0.113. The van der Waals surface area contributed by atoms with E-state index in [1.54, 1.807) is 11.8 Å². The molecule has 0 aliphatic rings. The molecule has 0 atom stereocenters. The fraction of sp³-hybridized carbons (Fsp3) is 0.235. The summed E-state index contributed by atoms with van der Waals surface area (Å²) in [5.41, 5.74) is 3.35. The number of aryl methyl sites for hydroxylation is 1. The molecule has 2 aromatic carbocycles. The molecule has 0 fully saturated rings. The third kappa shape index (κ3) is 5.56. The Labute approximate surface area is 138 Å². The highest BCUT2D eigenvalue weighted by Crippen LogP contribution is 2.17. The van der Waals surface area contributed by atoms with Crippen molar-refractivity contribution in [2.24, 2.45) is 0 Å². The van der Waals surface area contributed by atoms with Crippen LogP contribution in [0.25, 0.3) is 0 Å². The number of rotatable bonds is 6.